The second-order valence-electron chi connectivity index (χ2n) is 4.61. The lowest BCUT2D eigenvalue weighted by molar-refractivity contribution is 0.280. The van der Waals surface area contributed by atoms with Gasteiger partial charge in [0.05, 0.1) is 18.8 Å². The van der Waals surface area contributed by atoms with Gasteiger partial charge in [-0.15, -0.1) is 0 Å². The molecule has 0 aromatic heterocycles. The van der Waals surface area contributed by atoms with Crippen molar-refractivity contribution in [2.75, 3.05) is 38.2 Å². The van der Waals surface area contributed by atoms with Gasteiger partial charge in [0.2, 0.25) is 0 Å². The van der Waals surface area contributed by atoms with E-state index in [-0.39, 0.29) is 6.61 Å². The zero-order chi connectivity index (χ0) is 12.8. The molecule has 1 aromatic rings. The summed E-state index contributed by atoms with van der Waals surface area (Å²) in [6.07, 6.45) is 2.35. The average molecular weight is 250 g/mol. The number of anilines is 1. The number of nitrogens with zero attached hydrogens (tertiary/aromatic N) is 1. The van der Waals surface area contributed by atoms with Crippen LogP contribution in [-0.2, 0) is 6.61 Å². The van der Waals surface area contributed by atoms with E-state index in [1.807, 2.05) is 25.2 Å². The lowest BCUT2D eigenvalue weighted by atomic mass is 10.1. The standard InChI is InChI=1S/C14H22N2O2/c1-15-6-2-3-7-16-8-9-18-14-5-4-12(11-17)10-13(14)16/h4-5,10,15,17H,2-3,6-9,11H2,1H3. The summed E-state index contributed by atoms with van der Waals surface area (Å²) in [5.41, 5.74) is 2.07. The second kappa shape index (κ2) is 6.61. The smallest absolute Gasteiger partial charge is 0.142 e. The van der Waals surface area contributed by atoms with E-state index in [4.69, 9.17) is 4.74 Å². The quantitative estimate of drug-likeness (QED) is 0.749. The van der Waals surface area contributed by atoms with Crippen molar-refractivity contribution in [2.45, 2.75) is 19.4 Å². The zero-order valence-corrected chi connectivity index (χ0v) is 11.0. The molecule has 2 N–H and O–H groups in total. The van der Waals surface area contributed by atoms with Gasteiger partial charge < -0.3 is 20.1 Å². The average Bonchev–Trinajstić information content (AvgIpc) is 2.43. The monoisotopic (exact) mass is 250 g/mol. The van der Waals surface area contributed by atoms with Crippen LogP contribution in [0.4, 0.5) is 5.69 Å². The SMILES string of the molecule is CNCCCCN1CCOc2ccc(CO)cc21. The maximum Gasteiger partial charge on any atom is 0.142 e. The summed E-state index contributed by atoms with van der Waals surface area (Å²) in [4.78, 5) is 2.35. The lowest BCUT2D eigenvalue weighted by Crippen LogP contribution is -2.33. The predicted molar refractivity (Wildman–Crippen MR) is 73.2 cm³/mol. The molecule has 100 valence electrons. The van der Waals surface area contributed by atoms with Crippen LogP contribution in [-0.4, -0.2) is 38.4 Å². The number of hydrogen-bond donors (Lipinski definition) is 2. The third-order valence-corrected chi connectivity index (χ3v) is 3.27. The minimum atomic E-state index is 0.0842. The first-order chi connectivity index (χ1) is 8.85. The van der Waals surface area contributed by atoms with Crippen LogP contribution in [0.2, 0.25) is 0 Å². The van der Waals surface area contributed by atoms with Crippen molar-refractivity contribution < 1.29 is 9.84 Å². The summed E-state index contributed by atoms with van der Waals surface area (Å²) in [7, 11) is 1.98. The van der Waals surface area contributed by atoms with E-state index in [1.165, 1.54) is 12.8 Å². The Hall–Kier alpha value is -1.26. The first kappa shape index (κ1) is 13.2. The summed E-state index contributed by atoms with van der Waals surface area (Å²) >= 11 is 0. The molecular weight excluding hydrogens is 228 g/mol. The zero-order valence-electron chi connectivity index (χ0n) is 11.0. The number of fused-ring (bicyclic) bond motifs is 1. The Morgan fingerprint density at radius 2 is 2.28 bits per heavy atom. The van der Waals surface area contributed by atoms with Gasteiger partial charge in [0, 0.05) is 6.54 Å². The number of nitrogens with one attached hydrogen (secondary N) is 1. The summed E-state index contributed by atoms with van der Waals surface area (Å²) < 4.78 is 5.65. The molecule has 0 spiro atoms. The van der Waals surface area contributed by atoms with Gasteiger partial charge in [-0.1, -0.05) is 6.07 Å². The fourth-order valence-corrected chi connectivity index (χ4v) is 2.25. The van der Waals surface area contributed by atoms with Gasteiger partial charge >= 0.3 is 0 Å². The van der Waals surface area contributed by atoms with Gasteiger partial charge in [-0.25, -0.2) is 0 Å². The minimum absolute atomic E-state index is 0.0842. The lowest BCUT2D eigenvalue weighted by Gasteiger charge is -2.31. The van der Waals surface area contributed by atoms with Crippen LogP contribution in [0, 0.1) is 0 Å². The number of aliphatic hydroxyl groups is 1. The summed E-state index contributed by atoms with van der Waals surface area (Å²) in [5.74, 6) is 0.937. The molecule has 0 aliphatic carbocycles. The number of hydrogen-bond acceptors (Lipinski definition) is 4. The van der Waals surface area contributed by atoms with Crippen LogP contribution in [0.1, 0.15) is 18.4 Å². The van der Waals surface area contributed by atoms with E-state index in [2.05, 4.69) is 10.2 Å². The van der Waals surface area contributed by atoms with E-state index in [1.54, 1.807) is 0 Å². The molecule has 0 radical (unpaired) electrons. The minimum Gasteiger partial charge on any atom is -0.490 e. The molecule has 0 amide bonds. The maximum absolute atomic E-state index is 9.20. The van der Waals surface area contributed by atoms with Crippen molar-refractivity contribution in [3.63, 3.8) is 0 Å². The fourth-order valence-electron chi connectivity index (χ4n) is 2.25. The molecule has 2 rings (SSSR count). The molecule has 4 heteroatoms. The van der Waals surface area contributed by atoms with Crippen LogP contribution in [0.15, 0.2) is 18.2 Å². The third kappa shape index (κ3) is 3.15. The van der Waals surface area contributed by atoms with Crippen molar-refractivity contribution in [2.24, 2.45) is 0 Å². The van der Waals surface area contributed by atoms with Crippen LogP contribution >= 0.6 is 0 Å². The van der Waals surface area contributed by atoms with Crippen molar-refractivity contribution in [3.05, 3.63) is 23.8 Å². The van der Waals surface area contributed by atoms with Crippen molar-refractivity contribution >= 4 is 5.69 Å². The molecule has 0 fully saturated rings. The van der Waals surface area contributed by atoms with E-state index < -0.39 is 0 Å². The number of ether oxygens (including phenoxy) is 1. The Kier molecular flexibility index (Phi) is 4.84. The molecule has 0 saturated carbocycles. The van der Waals surface area contributed by atoms with Crippen molar-refractivity contribution in [1.82, 2.24) is 5.32 Å². The molecule has 1 aliphatic heterocycles. The normalized spacial score (nSPS) is 14.2. The Labute approximate surface area is 109 Å². The molecule has 0 unspecified atom stereocenters. The van der Waals surface area contributed by atoms with Gasteiger partial charge in [-0.05, 0) is 44.1 Å². The molecule has 4 nitrogen and oxygen atoms in total. The number of unbranched alkanes of at least 4 members (excludes halogenated alkanes) is 1. The Bertz CT molecular complexity index is 382. The molecule has 1 aliphatic rings. The topological polar surface area (TPSA) is 44.7 Å². The molecule has 18 heavy (non-hydrogen) atoms. The van der Waals surface area contributed by atoms with E-state index in [9.17, 15) is 5.11 Å². The highest BCUT2D eigenvalue weighted by Crippen LogP contribution is 2.32. The highest BCUT2D eigenvalue weighted by Gasteiger charge is 2.17. The highest BCUT2D eigenvalue weighted by molar-refractivity contribution is 5.61. The molecule has 0 bridgehead atoms. The van der Waals surface area contributed by atoms with Gasteiger partial charge in [0.25, 0.3) is 0 Å². The van der Waals surface area contributed by atoms with Gasteiger partial charge in [0.15, 0.2) is 0 Å². The van der Waals surface area contributed by atoms with Gasteiger partial charge in [-0.3, -0.25) is 0 Å². The highest BCUT2D eigenvalue weighted by atomic mass is 16.5. The van der Waals surface area contributed by atoms with E-state index >= 15 is 0 Å². The van der Waals surface area contributed by atoms with Crippen molar-refractivity contribution in [3.8, 4) is 5.75 Å². The summed E-state index contributed by atoms with van der Waals surface area (Å²) in [5, 5.41) is 12.4. The molecular formula is C14H22N2O2. The fraction of sp³-hybridized carbons (Fsp3) is 0.571. The van der Waals surface area contributed by atoms with Crippen LogP contribution in [0.3, 0.4) is 0 Å². The van der Waals surface area contributed by atoms with Crippen molar-refractivity contribution in [1.29, 1.82) is 0 Å². The Morgan fingerprint density at radius 1 is 1.39 bits per heavy atom. The molecule has 1 heterocycles. The number of rotatable bonds is 6. The first-order valence-electron chi connectivity index (χ1n) is 6.61. The predicted octanol–water partition coefficient (Wildman–Crippen LogP) is 1.38. The first-order valence-corrected chi connectivity index (χ1v) is 6.61. The number of benzene rings is 1. The van der Waals surface area contributed by atoms with Crippen LogP contribution in [0.5, 0.6) is 5.75 Å². The Morgan fingerprint density at radius 3 is 3.06 bits per heavy atom. The van der Waals surface area contributed by atoms with Crippen LogP contribution < -0.4 is 15.0 Å². The van der Waals surface area contributed by atoms with E-state index in [0.717, 1.165) is 43.2 Å². The summed E-state index contributed by atoms with van der Waals surface area (Å²) in [6, 6.07) is 5.91. The Balaban J connectivity index is 2.01. The summed E-state index contributed by atoms with van der Waals surface area (Å²) in [6.45, 7) is 3.88. The van der Waals surface area contributed by atoms with E-state index in [0.29, 0.717) is 0 Å². The van der Waals surface area contributed by atoms with Crippen LogP contribution in [0.25, 0.3) is 0 Å². The second-order valence-corrected chi connectivity index (χ2v) is 4.61. The maximum atomic E-state index is 9.20. The molecule has 0 atom stereocenters. The third-order valence-electron chi connectivity index (χ3n) is 3.27. The molecule has 0 saturated heterocycles. The molecule has 1 aromatic carbocycles. The van der Waals surface area contributed by atoms with Gasteiger partial charge in [0.1, 0.15) is 12.4 Å². The number of aliphatic hydroxyl groups excluding tert-OH is 1. The largest absolute Gasteiger partial charge is 0.490 e. The van der Waals surface area contributed by atoms with Gasteiger partial charge in [-0.2, -0.15) is 0 Å².